The van der Waals surface area contributed by atoms with E-state index in [2.05, 4.69) is 61.1 Å². The van der Waals surface area contributed by atoms with Crippen molar-refractivity contribution in [1.82, 2.24) is 0 Å². The van der Waals surface area contributed by atoms with E-state index in [4.69, 9.17) is 9.79 Å². The van der Waals surface area contributed by atoms with Crippen LogP contribution in [-0.2, 0) is 11.1 Å². The quantitative estimate of drug-likeness (QED) is 0.536. The molecule has 0 unspecified atom stereocenters. The molecule has 0 saturated heterocycles. The van der Waals surface area contributed by atoms with Crippen LogP contribution in [0.2, 0.25) is 0 Å². The van der Waals surface area contributed by atoms with Gasteiger partial charge in [-0.25, -0.2) is 4.57 Å². The molecule has 0 fully saturated rings. The maximum absolute atomic E-state index is 11.0. The van der Waals surface area contributed by atoms with E-state index in [1.165, 1.54) is 16.8 Å². The zero-order valence-electron chi connectivity index (χ0n) is 14.9. The van der Waals surface area contributed by atoms with Crippen LogP contribution in [-0.4, -0.2) is 15.9 Å². The number of aryl methyl sites for hydroxylation is 3. The first-order valence-electron chi connectivity index (χ1n) is 8.45. The summed E-state index contributed by atoms with van der Waals surface area (Å²) in [6, 6.07) is 14.3. The molecule has 0 radical (unpaired) electrons. The van der Waals surface area contributed by atoms with E-state index in [0.29, 0.717) is 6.54 Å². The van der Waals surface area contributed by atoms with Crippen LogP contribution in [0.1, 0.15) is 11.1 Å². The maximum atomic E-state index is 11.0. The van der Waals surface area contributed by atoms with Gasteiger partial charge < -0.3 is 9.79 Å². The summed E-state index contributed by atoms with van der Waals surface area (Å²) < 4.78 is 14.9. The van der Waals surface area contributed by atoms with E-state index in [0.717, 1.165) is 11.1 Å². The van der Waals surface area contributed by atoms with Gasteiger partial charge in [-0.15, -0.1) is 0 Å². The Morgan fingerprint density at radius 1 is 0.846 bits per heavy atom. The molecule has 0 aliphatic rings. The van der Waals surface area contributed by atoms with E-state index in [-0.39, 0.29) is 6.16 Å². The van der Waals surface area contributed by atoms with Crippen molar-refractivity contribution in [2.45, 2.75) is 20.4 Å². The summed E-state index contributed by atoms with van der Waals surface area (Å²) in [6.45, 7) is 4.51. The Kier molecular flexibility index (Phi) is 5.33. The molecule has 5 nitrogen and oxygen atoms in total. The highest BCUT2D eigenvalue weighted by atomic mass is 31.2. The van der Waals surface area contributed by atoms with E-state index >= 15 is 0 Å². The Labute approximate surface area is 153 Å². The van der Waals surface area contributed by atoms with Crippen molar-refractivity contribution < 1.29 is 23.5 Å². The lowest BCUT2D eigenvalue weighted by Gasteiger charge is -2.05. The Balaban J connectivity index is 1.80. The number of pyridine rings is 2. The molecule has 2 N–H and O–H groups in total. The third kappa shape index (κ3) is 4.44. The van der Waals surface area contributed by atoms with Crippen LogP contribution in [0.3, 0.4) is 0 Å². The number of para-hydroxylation sites is 1. The van der Waals surface area contributed by atoms with Crippen LogP contribution in [0.15, 0.2) is 67.3 Å². The summed E-state index contributed by atoms with van der Waals surface area (Å²) in [5.74, 6) is 0. The van der Waals surface area contributed by atoms with Gasteiger partial charge in [-0.2, -0.15) is 4.57 Å². The van der Waals surface area contributed by atoms with Crippen LogP contribution < -0.4 is 9.13 Å². The number of aromatic nitrogens is 2. The van der Waals surface area contributed by atoms with Gasteiger partial charge in [0.05, 0.1) is 0 Å². The van der Waals surface area contributed by atoms with Gasteiger partial charge in [0.1, 0.15) is 6.16 Å². The fourth-order valence-electron chi connectivity index (χ4n) is 3.03. The Morgan fingerprint density at radius 2 is 1.35 bits per heavy atom. The lowest BCUT2D eigenvalue weighted by molar-refractivity contribution is -0.692. The van der Waals surface area contributed by atoms with Gasteiger partial charge in [0, 0.05) is 35.4 Å². The summed E-state index contributed by atoms with van der Waals surface area (Å²) in [7, 11) is -3.97. The van der Waals surface area contributed by atoms with Crippen molar-refractivity contribution in [2.75, 3.05) is 6.16 Å². The molecule has 0 aliphatic heterocycles. The average Bonchev–Trinajstić information content (AvgIpc) is 2.60. The Bertz CT molecular complexity index is 928. The van der Waals surface area contributed by atoms with Crippen molar-refractivity contribution in [1.29, 1.82) is 0 Å². The van der Waals surface area contributed by atoms with Gasteiger partial charge >= 0.3 is 7.60 Å². The molecule has 26 heavy (non-hydrogen) atoms. The van der Waals surface area contributed by atoms with Gasteiger partial charge in [-0.1, -0.05) is 18.2 Å². The first-order chi connectivity index (χ1) is 12.3. The summed E-state index contributed by atoms with van der Waals surface area (Å²) in [5, 5.41) is 0. The van der Waals surface area contributed by atoms with Gasteiger partial charge in [0.2, 0.25) is 5.69 Å². The largest absolute Gasteiger partial charge is 0.331 e. The lowest BCUT2D eigenvalue weighted by Crippen LogP contribution is -2.34. The highest BCUT2D eigenvalue weighted by Gasteiger charge is 2.16. The smallest absolute Gasteiger partial charge is 0.324 e. The van der Waals surface area contributed by atoms with E-state index in [1.807, 2.05) is 24.5 Å². The van der Waals surface area contributed by atoms with Crippen LogP contribution in [0.5, 0.6) is 0 Å². The second kappa shape index (κ2) is 7.50. The van der Waals surface area contributed by atoms with E-state index in [9.17, 15) is 4.57 Å². The summed E-state index contributed by atoms with van der Waals surface area (Å²) >= 11 is 0. The molecule has 0 spiro atoms. The predicted molar refractivity (Wildman–Crippen MR) is 100.0 cm³/mol. The molecule has 0 atom stereocenters. The molecule has 2 heterocycles. The molecule has 3 rings (SSSR count). The van der Waals surface area contributed by atoms with Crippen molar-refractivity contribution in [2.24, 2.45) is 0 Å². The van der Waals surface area contributed by atoms with E-state index in [1.54, 1.807) is 4.57 Å². The second-order valence-corrected chi connectivity index (χ2v) is 8.22. The number of benzene rings is 1. The normalized spacial score (nSPS) is 11.5. The Morgan fingerprint density at radius 3 is 1.85 bits per heavy atom. The van der Waals surface area contributed by atoms with Gasteiger partial charge in [0.15, 0.2) is 31.3 Å². The highest BCUT2D eigenvalue weighted by molar-refractivity contribution is 7.51. The van der Waals surface area contributed by atoms with E-state index < -0.39 is 7.60 Å². The molecule has 0 bridgehead atoms. The highest BCUT2D eigenvalue weighted by Crippen LogP contribution is 2.33. The zero-order chi connectivity index (χ0) is 18.7. The van der Waals surface area contributed by atoms with Crippen molar-refractivity contribution in [3.63, 3.8) is 0 Å². The zero-order valence-corrected chi connectivity index (χ0v) is 15.8. The molecule has 0 amide bonds. The van der Waals surface area contributed by atoms with Gasteiger partial charge in [0.25, 0.3) is 0 Å². The first-order valence-corrected chi connectivity index (χ1v) is 10.3. The summed E-state index contributed by atoms with van der Waals surface area (Å²) in [6.07, 6.45) is 7.65. The topological polar surface area (TPSA) is 65.3 Å². The van der Waals surface area contributed by atoms with Crippen molar-refractivity contribution in [3.05, 3.63) is 78.4 Å². The number of hydrogen-bond acceptors (Lipinski definition) is 1. The van der Waals surface area contributed by atoms with Crippen LogP contribution in [0.25, 0.3) is 16.8 Å². The fraction of sp³-hybridized carbons (Fsp3) is 0.200. The number of rotatable bonds is 5. The molecule has 3 aromatic rings. The lowest BCUT2D eigenvalue weighted by atomic mass is 10.1. The maximum Gasteiger partial charge on any atom is 0.331 e. The standard InChI is InChI=1S/C20H21N2O3P/c1-16-4-3-5-17(2)20(16)22-12-8-19(9-13-22)18-6-10-21(11-7-18)14-15-26(23,24)25/h3-13H,14-15H2,1-2H3/p+2. The van der Waals surface area contributed by atoms with Gasteiger partial charge in [-0.3, -0.25) is 4.57 Å². The molecule has 2 aromatic heterocycles. The minimum Gasteiger partial charge on any atom is -0.324 e. The monoisotopic (exact) mass is 370 g/mol. The van der Waals surface area contributed by atoms with Gasteiger partial charge in [-0.05, 0) is 25.0 Å². The van der Waals surface area contributed by atoms with Crippen LogP contribution in [0.4, 0.5) is 0 Å². The SMILES string of the molecule is Cc1cccc(C)c1-[n+]1ccc(-c2cc[n+](CCP(=O)(O)O)cc2)cc1. The Hall–Kier alpha value is -2.33. The third-order valence-corrected chi connectivity index (χ3v) is 5.18. The molecular formula is C20H23N2O3P+2. The van der Waals surface area contributed by atoms with Crippen LogP contribution in [0, 0.1) is 13.8 Å². The first kappa shape index (κ1) is 18.5. The minimum absolute atomic E-state index is 0.155. The second-order valence-electron chi connectivity index (χ2n) is 6.45. The molecule has 0 aliphatic carbocycles. The van der Waals surface area contributed by atoms with Crippen LogP contribution >= 0.6 is 7.60 Å². The molecule has 6 heteroatoms. The molecular weight excluding hydrogens is 347 g/mol. The predicted octanol–water partition coefficient (Wildman–Crippen LogP) is 2.71. The third-order valence-electron chi connectivity index (χ3n) is 4.40. The number of nitrogens with zero attached hydrogens (tertiary/aromatic N) is 2. The summed E-state index contributed by atoms with van der Waals surface area (Å²) in [5.41, 5.74) is 5.81. The average molecular weight is 370 g/mol. The minimum atomic E-state index is -3.97. The summed E-state index contributed by atoms with van der Waals surface area (Å²) in [4.78, 5) is 17.9. The van der Waals surface area contributed by atoms with Crippen molar-refractivity contribution >= 4 is 7.60 Å². The molecule has 1 aromatic carbocycles. The molecule has 0 saturated carbocycles. The molecule has 134 valence electrons. The number of hydrogen-bond donors (Lipinski definition) is 2. The fourth-order valence-corrected chi connectivity index (χ4v) is 3.52. The van der Waals surface area contributed by atoms with Crippen molar-refractivity contribution in [3.8, 4) is 16.8 Å².